The van der Waals surface area contributed by atoms with Crippen molar-refractivity contribution in [3.8, 4) is 0 Å². The average Bonchev–Trinajstić information content (AvgIpc) is 2.36. The van der Waals surface area contributed by atoms with E-state index < -0.39 is 7.12 Å². The standard InChI is InChI=1S/C4H8BN3O3/c1-11-3-8-4(5(9)10)2-6-7-8/h2,9-10H,3H2,1H3. The lowest BCUT2D eigenvalue weighted by Crippen LogP contribution is -2.37. The Bertz CT molecular complexity index is 226. The zero-order chi connectivity index (χ0) is 8.27. The molecule has 6 nitrogen and oxygen atoms in total. The molecule has 0 bridgehead atoms. The third kappa shape index (κ3) is 1.76. The topological polar surface area (TPSA) is 80.4 Å². The molecule has 1 rings (SSSR count). The number of methoxy groups -OCH3 is 1. The van der Waals surface area contributed by atoms with Gasteiger partial charge in [0.2, 0.25) is 0 Å². The van der Waals surface area contributed by atoms with E-state index in [1.807, 2.05) is 0 Å². The van der Waals surface area contributed by atoms with Gasteiger partial charge >= 0.3 is 7.12 Å². The molecule has 2 N–H and O–H groups in total. The van der Waals surface area contributed by atoms with Crippen LogP contribution < -0.4 is 5.59 Å². The molecule has 60 valence electrons. The quantitative estimate of drug-likeness (QED) is 0.476. The summed E-state index contributed by atoms with van der Waals surface area (Å²) in [6, 6.07) is 0. The second-order valence-corrected chi connectivity index (χ2v) is 1.95. The summed E-state index contributed by atoms with van der Waals surface area (Å²) in [5, 5.41) is 24.5. The lowest BCUT2D eigenvalue weighted by Gasteiger charge is -2.01. The third-order valence-corrected chi connectivity index (χ3v) is 1.16. The number of nitrogens with zero attached hydrogens (tertiary/aromatic N) is 3. The van der Waals surface area contributed by atoms with Gasteiger partial charge < -0.3 is 14.8 Å². The summed E-state index contributed by atoms with van der Waals surface area (Å²) in [6.45, 7) is 0.160. The van der Waals surface area contributed by atoms with Crippen LogP contribution in [0.4, 0.5) is 0 Å². The minimum atomic E-state index is -1.56. The Labute approximate surface area is 63.6 Å². The summed E-state index contributed by atoms with van der Waals surface area (Å²) >= 11 is 0. The molecule has 0 aromatic carbocycles. The maximum absolute atomic E-state index is 8.72. The van der Waals surface area contributed by atoms with E-state index in [1.165, 1.54) is 18.0 Å². The van der Waals surface area contributed by atoms with Gasteiger partial charge in [0, 0.05) is 7.11 Å². The fourth-order valence-electron chi connectivity index (χ4n) is 0.688. The summed E-state index contributed by atoms with van der Waals surface area (Å²) in [5.74, 6) is 0. The van der Waals surface area contributed by atoms with E-state index in [1.54, 1.807) is 0 Å². The summed E-state index contributed by atoms with van der Waals surface area (Å²) in [7, 11) is -0.0741. The van der Waals surface area contributed by atoms with E-state index in [0.29, 0.717) is 0 Å². The smallest absolute Gasteiger partial charge is 0.422 e. The molecule has 7 heteroatoms. The largest absolute Gasteiger partial charge is 0.509 e. The maximum Gasteiger partial charge on any atom is 0.509 e. The first-order chi connectivity index (χ1) is 5.25. The fourth-order valence-corrected chi connectivity index (χ4v) is 0.688. The SMILES string of the molecule is COCn1nncc1B(O)O. The Hall–Kier alpha value is -0.915. The van der Waals surface area contributed by atoms with Crippen molar-refractivity contribution in [2.24, 2.45) is 0 Å². The second-order valence-electron chi connectivity index (χ2n) is 1.95. The highest BCUT2D eigenvalue weighted by atomic mass is 16.5. The van der Waals surface area contributed by atoms with Crippen LogP contribution in [0.1, 0.15) is 0 Å². The molecule has 0 fully saturated rings. The first-order valence-corrected chi connectivity index (χ1v) is 2.99. The molecule has 1 aromatic rings. The van der Waals surface area contributed by atoms with Crippen LogP contribution in [0, 0.1) is 0 Å². The lowest BCUT2D eigenvalue weighted by atomic mass is 9.87. The van der Waals surface area contributed by atoms with E-state index in [4.69, 9.17) is 14.8 Å². The zero-order valence-electron chi connectivity index (χ0n) is 6.01. The Kier molecular flexibility index (Phi) is 2.58. The zero-order valence-corrected chi connectivity index (χ0v) is 6.01. The molecule has 0 radical (unpaired) electrons. The van der Waals surface area contributed by atoms with Crippen molar-refractivity contribution in [1.82, 2.24) is 15.0 Å². The molecule has 1 heterocycles. The molecule has 0 amide bonds. The van der Waals surface area contributed by atoms with Crippen LogP contribution in [0.3, 0.4) is 0 Å². The van der Waals surface area contributed by atoms with Crippen LogP contribution >= 0.6 is 0 Å². The van der Waals surface area contributed by atoms with Gasteiger partial charge in [0.1, 0.15) is 6.73 Å². The predicted octanol–water partition coefficient (Wildman–Crippen LogP) is -2.44. The molecule has 0 aliphatic heterocycles. The highest BCUT2D eigenvalue weighted by molar-refractivity contribution is 6.57. The Morgan fingerprint density at radius 1 is 1.73 bits per heavy atom. The number of hydrogen-bond donors (Lipinski definition) is 2. The van der Waals surface area contributed by atoms with Crippen molar-refractivity contribution >= 4 is 12.7 Å². The minimum absolute atomic E-state index is 0.160. The first kappa shape index (κ1) is 8.18. The van der Waals surface area contributed by atoms with Gasteiger partial charge in [-0.2, -0.15) is 0 Å². The van der Waals surface area contributed by atoms with Gasteiger partial charge in [-0.1, -0.05) is 5.21 Å². The fraction of sp³-hybridized carbons (Fsp3) is 0.500. The highest BCUT2D eigenvalue weighted by Gasteiger charge is 2.17. The van der Waals surface area contributed by atoms with Gasteiger partial charge in [-0.25, -0.2) is 4.68 Å². The van der Waals surface area contributed by atoms with Gasteiger partial charge in [-0.3, -0.25) is 0 Å². The third-order valence-electron chi connectivity index (χ3n) is 1.16. The van der Waals surface area contributed by atoms with E-state index in [2.05, 4.69) is 10.3 Å². The monoisotopic (exact) mass is 157 g/mol. The Balaban J connectivity index is 2.78. The maximum atomic E-state index is 8.72. The van der Waals surface area contributed by atoms with Crippen LogP contribution in [0.5, 0.6) is 0 Å². The van der Waals surface area contributed by atoms with Crippen LogP contribution in [-0.4, -0.2) is 39.3 Å². The molecular formula is C4H8BN3O3. The van der Waals surface area contributed by atoms with Crippen LogP contribution in [0.15, 0.2) is 6.20 Å². The van der Waals surface area contributed by atoms with E-state index >= 15 is 0 Å². The summed E-state index contributed by atoms with van der Waals surface area (Å²) in [5.41, 5.74) is 0.215. The minimum Gasteiger partial charge on any atom is -0.422 e. The van der Waals surface area contributed by atoms with Crippen molar-refractivity contribution in [3.63, 3.8) is 0 Å². The summed E-state index contributed by atoms with van der Waals surface area (Å²) in [4.78, 5) is 0. The van der Waals surface area contributed by atoms with Crippen LogP contribution in [0.2, 0.25) is 0 Å². The molecule has 0 spiro atoms. The molecule has 0 unspecified atom stereocenters. The van der Waals surface area contributed by atoms with Gasteiger partial charge in [0.15, 0.2) is 0 Å². The Morgan fingerprint density at radius 2 is 2.45 bits per heavy atom. The first-order valence-electron chi connectivity index (χ1n) is 2.99. The summed E-state index contributed by atoms with van der Waals surface area (Å²) in [6.07, 6.45) is 1.27. The van der Waals surface area contributed by atoms with E-state index in [0.717, 1.165) is 0 Å². The molecule has 0 aliphatic carbocycles. The molecule has 1 aromatic heterocycles. The Morgan fingerprint density at radius 3 is 3.00 bits per heavy atom. The molecule has 11 heavy (non-hydrogen) atoms. The summed E-state index contributed by atoms with van der Waals surface area (Å²) < 4.78 is 5.97. The molecule has 0 atom stereocenters. The van der Waals surface area contributed by atoms with Crippen molar-refractivity contribution in [3.05, 3.63) is 6.20 Å². The van der Waals surface area contributed by atoms with Crippen molar-refractivity contribution in [1.29, 1.82) is 0 Å². The molecule has 0 aliphatic rings. The molecule has 0 saturated carbocycles. The van der Waals surface area contributed by atoms with Crippen molar-refractivity contribution in [2.45, 2.75) is 6.73 Å². The molecule has 0 saturated heterocycles. The van der Waals surface area contributed by atoms with Crippen LogP contribution in [-0.2, 0) is 11.5 Å². The highest BCUT2D eigenvalue weighted by Crippen LogP contribution is 1.80. The van der Waals surface area contributed by atoms with Crippen molar-refractivity contribution < 1.29 is 14.8 Å². The van der Waals surface area contributed by atoms with E-state index in [9.17, 15) is 0 Å². The van der Waals surface area contributed by atoms with Gasteiger partial charge in [-0.15, -0.1) is 5.10 Å². The molecular weight excluding hydrogens is 149 g/mol. The number of aromatic nitrogens is 3. The normalized spacial score (nSPS) is 10.1. The van der Waals surface area contributed by atoms with Crippen molar-refractivity contribution in [2.75, 3.05) is 7.11 Å². The number of rotatable bonds is 3. The second kappa shape index (κ2) is 3.47. The van der Waals surface area contributed by atoms with Gasteiger partial charge in [-0.05, 0) is 0 Å². The lowest BCUT2D eigenvalue weighted by molar-refractivity contribution is 0.120. The van der Waals surface area contributed by atoms with Gasteiger partial charge in [0.25, 0.3) is 0 Å². The average molecular weight is 157 g/mol. The number of hydrogen-bond acceptors (Lipinski definition) is 5. The van der Waals surface area contributed by atoms with E-state index in [-0.39, 0.29) is 12.3 Å². The number of ether oxygens (including phenoxy) is 1. The van der Waals surface area contributed by atoms with Gasteiger partial charge in [0.05, 0.1) is 11.8 Å². The van der Waals surface area contributed by atoms with Crippen LogP contribution in [0.25, 0.3) is 0 Å². The predicted molar refractivity (Wildman–Crippen MR) is 36.9 cm³/mol.